The van der Waals surface area contributed by atoms with E-state index in [-0.39, 0.29) is 5.91 Å². The van der Waals surface area contributed by atoms with Gasteiger partial charge in [-0.05, 0) is 37.1 Å². The van der Waals surface area contributed by atoms with Crippen molar-refractivity contribution in [3.05, 3.63) is 71.4 Å². The van der Waals surface area contributed by atoms with Gasteiger partial charge in [0.25, 0.3) is 0 Å². The summed E-state index contributed by atoms with van der Waals surface area (Å²) in [6.45, 7) is 3.06. The van der Waals surface area contributed by atoms with Crippen molar-refractivity contribution in [1.82, 2.24) is 10.1 Å². The highest BCUT2D eigenvalue weighted by Crippen LogP contribution is 2.50. The Hall–Kier alpha value is -2.79. The molecule has 6 heteroatoms. The second-order valence-corrected chi connectivity index (χ2v) is 8.22. The van der Waals surface area contributed by atoms with Crippen LogP contribution in [0.15, 0.2) is 65.2 Å². The van der Waals surface area contributed by atoms with Crippen LogP contribution in [0.2, 0.25) is 5.02 Å². The Morgan fingerprint density at radius 1 is 0.966 bits per heavy atom. The van der Waals surface area contributed by atoms with Crippen LogP contribution in [0.5, 0.6) is 0 Å². The SMILES string of the molecule is O=C(N1CCN(c2ccc(Cl)cc2)CC1)C1(c2cc(-c3ccccc3)on2)CC1. The zero-order valence-corrected chi connectivity index (χ0v) is 16.8. The fourth-order valence-electron chi connectivity index (χ4n) is 4.07. The second kappa shape index (κ2) is 7.23. The maximum Gasteiger partial charge on any atom is 0.235 e. The third-order valence-electron chi connectivity index (χ3n) is 5.98. The highest BCUT2D eigenvalue weighted by Gasteiger charge is 2.55. The van der Waals surface area contributed by atoms with Crippen LogP contribution in [0.25, 0.3) is 11.3 Å². The Kier molecular flexibility index (Phi) is 4.55. The van der Waals surface area contributed by atoms with Crippen LogP contribution >= 0.6 is 11.6 Å². The first-order valence-corrected chi connectivity index (χ1v) is 10.4. The van der Waals surface area contributed by atoms with Crippen molar-refractivity contribution in [2.24, 2.45) is 0 Å². The molecule has 1 aliphatic heterocycles. The van der Waals surface area contributed by atoms with Crippen LogP contribution in [-0.4, -0.2) is 42.1 Å². The van der Waals surface area contributed by atoms with E-state index in [0.29, 0.717) is 18.8 Å². The molecule has 2 aromatic carbocycles. The van der Waals surface area contributed by atoms with Crippen LogP contribution in [-0.2, 0) is 10.2 Å². The Labute approximate surface area is 174 Å². The molecular weight excluding hydrogens is 386 g/mol. The van der Waals surface area contributed by atoms with Crippen molar-refractivity contribution in [2.75, 3.05) is 31.1 Å². The molecule has 1 amide bonds. The third kappa shape index (κ3) is 3.40. The van der Waals surface area contributed by atoms with E-state index < -0.39 is 5.41 Å². The average Bonchev–Trinajstić information content (AvgIpc) is 3.43. The molecule has 5 rings (SSSR count). The molecule has 0 unspecified atom stereocenters. The minimum Gasteiger partial charge on any atom is -0.368 e. The number of anilines is 1. The standard InChI is InChI=1S/C23H22ClN3O2/c24-18-6-8-19(9-7-18)26-12-14-27(15-13-26)22(28)23(10-11-23)21-16-20(29-25-21)17-4-2-1-3-5-17/h1-9,16H,10-15H2. The molecule has 1 aromatic heterocycles. The molecule has 5 nitrogen and oxygen atoms in total. The molecule has 0 atom stereocenters. The Morgan fingerprint density at radius 3 is 2.31 bits per heavy atom. The number of carbonyl (C=O) groups excluding carboxylic acids is 1. The van der Waals surface area contributed by atoms with Crippen LogP contribution < -0.4 is 4.90 Å². The van der Waals surface area contributed by atoms with Gasteiger partial charge in [-0.25, -0.2) is 0 Å². The summed E-state index contributed by atoms with van der Waals surface area (Å²) in [7, 11) is 0. The van der Waals surface area contributed by atoms with Crippen molar-refractivity contribution in [1.29, 1.82) is 0 Å². The average molecular weight is 408 g/mol. The lowest BCUT2D eigenvalue weighted by Gasteiger charge is -2.37. The molecule has 1 aliphatic carbocycles. The van der Waals surface area contributed by atoms with Gasteiger partial charge in [-0.15, -0.1) is 0 Å². The number of piperazine rings is 1. The molecule has 0 bridgehead atoms. The van der Waals surface area contributed by atoms with Gasteiger partial charge in [0, 0.05) is 48.5 Å². The molecule has 0 spiro atoms. The van der Waals surface area contributed by atoms with Crippen molar-refractivity contribution in [3.63, 3.8) is 0 Å². The van der Waals surface area contributed by atoms with Crippen LogP contribution in [0.1, 0.15) is 18.5 Å². The lowest BCUT2D eigenvalue weighted by molar-refractivity contribution is -0.134. The van der Waals surface area contributed by atoms with E-state index in [4.69, 9.17) is 16.1 Å². The van der Waals surface area contributed by atoms with Crippen molar-refractivity contribution in [2.45, 2.75) is 18.3 Å². The monoisotopic (exact) mass is 407 g/mol. The van der Waals surface area contributed by atoms with Gasteiger partial charge in [-0.2, -0.15) is 0 Å². The van der Waals surface area contributed by atoms with Gasteiger partial charge in [0.1, 0.15) is 0 Å². The van der Waals surface area contributed by atoms with E-state index in [1.807, 2.05) is 65.6 Å². The maximum atomic E-state index is 13.3. The van der Waals surface area contributed by atoms with Gasteiger partial charge in [0.15, 0.2) is 5.76 Å². The summed E-state index contributed by atoms with van der Waals surface area (Å²) in [6, 6.07) is 19.7. The van der Waals surface area contributed by atoms with Gasteiger partial charge < -0.3 is 14.3 Å². The van der Waals surface area contributed by atoms with E-state index in [1.165, 1.54) is 0 Å². The number of carbonyl (C=O) groups is 1. The molecule has 29 heavy (non-hydrogen) atoms. The molecule has 1 saturated heterocycles. The number of halogens is 1. The summed E-state index contributed by atoms with van der Waals surface area (Å²) in [6.07, 6.45) is 1.67. The molecule has 2 heterocycles. The number of aromatic nitrogens is 1. The van der Waals surface area contributed by atoms with E-state index in [2.05, 4.69) is 10.1 Å². The molecule has 0 radical (unpaired) electrons. The lowest BCUT2D eigenvalue weighted by atomic mass is 9.99. The van der Waals surface area contributed by atoms with Crippen molar-refractivity contribution >= 4 is 23.2 Å². The van der Waals surface area contributed by atoms with Gasteiger partial charge in [-0.3, -0.25) is 4.79 Å². The molecule has 2 fully saturated rings. The summed E-state index contributed by atoms with van der Waals surface area (Å²) >= 11 is 5.99. The predicted octanol–water partition coefficient (Wildman–Crippen LogP) is 4.38. The zero-order valence-electron chi connectivity index (χ0n) is 16.1. The first-order chi connectivity index (χ1) is 14.2. The fraction of sp³-hybridized carbons (Fsp3) is 0.304. The molecular formula is C23H22ClN3O2. The van der Waals surface area contributed by atoms with Gasteiger partial charge in [0.05, 0.1) is 11.1 Å². The number of hydrogen-bond acceptors (Lipinski definition) is 4. The second-order valence-electron chi connectivity index (χ2n) is 7.78. The topological polar surface area (TPSA) is 49.6 Å². The van der Waals surface area contributed by atoms with E-state index in [1.54, 1.807) is 0 Å². The summed E-state index contributed by atoms with van der Waals surface area (Å²) in [5.41, 5.74) is 2.39. The highest BCUT2D eigenvalue weighted by atomic mass is 35.5. The Morgan fingerprint density at radius 2 is 1.66 bits per heavy atom. The summed E-state index contributed by atoms with van der Waals surface area (Å²) < 4.78 is 5.56. The maximum absolute atomic E-state index is 13.3. The molecule has 0 N–H and O–H groups in total. The third-order valence-corrected chi connectivity index (χ3v) is 6.23. The van der Waals surface area contributed by atoms with Crippen LogP contribution in [0.3, 0.4) is 0 Å². The Bertz CT molecular complexity index is 1000. The molecule has 148 valence electrons. The number of hydrogen-bond donors (Lipinski definition) is 0. The quantitative estimate of drug-likeness (QED) is 0.644. The van der Waals surface area contributed by atoms with Crippen LogP contribution in [0.4, 0.5) is 5.69 Å². The number of benzene rings is 2. The first kappa shape index (κ1) is 18.3. The summed E-state index contributed by atoms with van der Waals surface area (Å²) in [5, 5.41) is 5.00. The lowest BCUT2D eigenvalue weighted by Crippen LogP contribution is -2.51. The molecule has 2 aliphatic rings. The normalized spacial score (nSPS) is 18.0. The summed E-state index contributed by atoms with van der Waals surface area (Å²) in [5.74, 6) is 0.897. The molecule has 3 aromatic rings. The summed E-state index contributed by atoms with van der Waals surface area (Å²) in [4.78, 5) is 17.6. The Balaban J connectivity index is 1.28. The fourth-order valence-corrected chi connectivity index (χ4v) is 4.19. The largest absolute Gasteiger partial charge is 0.368 e. The van der Waals surface area contributed by atoms with Crippen molar-refractivity contribution < 1.29 is 9.32 Å². The first-order valence-electron chi connectivity index (χ1n) is 9.98. The van der Waals surface area contributed by atoms with Crippen molar-refractivity contribution in [3.8, 4) is 11.3 Å². The molecule has 1 saturated carbocycles. The smallest absolute Gasteiger partial charge is 0.235 e. The van der Waals surface area contributed by atoms with Gasteiger partial charge in [-0.1, -0.05) is 47.1 Å². The number of amides is 1. The number of nitrogens with zero attached hydrogens (tertiary/aromatic N) is 3. The predicted molar refractivity (Wildman–Crippen MR) is 113 cm³/mol. The van der Waals surface area contributed by atoms with Crippen LogP contribution in [0, 0.1) is 0 Å². The van der Waals surface area contributed by atoms with E-state index in [9.17, 15) is 4.79 Å². The minimum atomic E-state index is -0.501. The minimum absolute atomic E-state index is 0.182. The van der Waals surface area contributed by atoms with E-state index >= 15 is 0 Å². The number of rotatable bonds is 4. The zero-order chi connectivity index (χ0) is 19.8. The van der Waals surface area contributed by atoms with E-state index in [0.717, 1.165) is 47.9 Å². The van der Waals surface area contributed by atoms with Gasteiger partial charge in [0.2, 0.25) is 5.91 Å². The highest BCUT2D eigenvalue weighted by molar-refractivity contribution is 6.30. The van der Waals surface area contributed by atoms with Gasteiger partial charge >= 0.3 is 0 Å².